The van der Waals surface area contributed by atoms with Crippen LogP contribution in [0.2, 0.25) is 0 Å². The molecule has 0 fully saturated rings. The van der Waals surface area contributed by atoms with Gasteiger partial charge in [-0.25, -0.2) is 9.13 Å². The molecule has 0 aromatic heterocycles. The highest BCUT2D eigenvalue weighted by molar-refractivity contribution is 7.47. The normalized spacial score (nSPS) is 13.9. The molecule has 0 radical (unpaired) electrons. The molecule has 0 amide bonds. The van der Waals surface area contributed by atoms with Gasteiger partial charge >= 0.3 is 39.5 Å². The molecule has 2 unspecified atom stereocenters. The summed E-state index contributed by atoms with van der Waals surface area (Å²) < 4.78 is 68.4. The van der Waals surface area contributed by atoms with Crippen molar-refractivity contribution in [2.75, 3.05) is 39.6 Å². The monoisotopic (exact) mass is 1410 g/mol. The predicted molar refractivity (Wildman–Crippen MR) is 391 cm³/mol. The summed E-state index contributed by atoms with van der Waals surface area (Å²) in [5, 5.41) is 10.6. The third-order valence-electron chi connectivity index (χ3n) is 18.0. The van der Waals surface area contributed by atoms with Crippen LogP contribution in [0.3, 0.4) is 0 Å². The molecule has 0 bridgehead atoms. The number of phosphoric acid groups is 2. The minimum absolute atomic E-state index is 0.104. The highest BCUT2D eigenvalue weighted by Gasteiger charge is 2.30. The molecule has 0 aromatic carbocycles. The van der Waals surface area contributed by atoms with Gasteiger partial charge in [0.1, 0.15) is 19.3 Å². The zero-order valence-corrected chi connectivity index (χ0v) is 64.3. The Kier molecular flexibility index (Phi) is 68.7. The number of esters is 4. The molecule has 0 rings (SSSR count). The number of unbranched alkanes of at least 4 members (excludes halogenated alkanes) is 49. The Morgan fingerprint density at radius 3 is 0.708 bits per heavy atom. The average Bonchev–Trinajstić information content (AvgIpc) is 1.31. The predicted octanol–water partition coefficient (Wildman–Crippen LogP) is 22.9. The highest BCUT2D eigenvalue weighted by atomic mass is 31.2. The first kappa shape index (κ1) is 94.1. The summed E-state index contributed by atoms with van der Waals surface area (Å²) in [5.41, 5.74) is 0. The zero-order chi connectivity index (χ0) is 70.5. The van der Waals surface area contributed by atoms with E-state index in [-0.39, 0.29) is 25.7 Å². The van der Waals surface area contributed by atoms with Crippen LogP contribution in [0.15, 0.2) is 0 Å². The maximum Gasteiger partial charge on any atom is 0.472 e. The van der Waals surface area contributed by atoms with Crippen LogP contribution in [0.5, 0.6) is 0 Å². The van der Waals surface area contributed by atoms with E-state index >= 15 is 0 Å². The zero-order valence-electron chi connectivity index (χ0n) is 62.5. The number of ether oxygens (including phenoxy) is 4. The summed E-state index contributed by atoms with van der Waals surface area (Å²) in [4.78, 5) is 72.7. The maximum absolute atomic E-state index is 13.1. The molecule has 0 saturated carbocycles. The van der Waals surface area contributed by atoms with Crippen LogP contribution in [0.1, 0.15) is 407 Å². The Hall–Kier alpha value is -1.94. The number of aliphatic hydroxyl groups is 1. The average molecular weight is 1410 g/mol. The van der Waals surface area contributed by atoms with Gasteiger partial charge in [-0.05, 0) is 31.6 Å². The second kappa shape index (κ2) is 70.1. The van der Waals surface area contributed by atoms with E-state index < -0.39 is 97.5 Å². The number of rotatable bonds is 77. The number of aliphatic hydroxyl groups excluding tert-OH is 1. The summed E-state index contributed by atoms with van der Waals surface area (Å²) in [6, 6.07) is 0. The van der Waals surface area contributed by atoms with Crippen LogP contribution >= 0.6 is 15.6 Å². The van der Waals surface area contributed by atoms with E-state index in [4.69, 9.17) is 37.0 Å². The second-order valence-corrected chi connectivity index (χ2v) is 31.1. The van der Waals surface area contributed by atoms with Gasteiger partial charge in [-0.15, -0.1) is 0 Å². The van der Waals surface area contributed by atoms with Gasteiger partial charge in [0.2, 0.25) is 0 Å². The van der Waals surface area contributed by atoms with E-state index in [1.165, 1.54) is 225 Å². The first-order chi connectivity index (χ1) is 46.5. The Morgan fingerprint density at radius 2 is 0.479 bits per heavy atom. The lowest BCUT2D eigenvalue weighted by Crippen LogP contribution is -2.30. The van der Waals surface area contributed by atoms with E-state index in [1.54, 1.807) is 0 Å². The topological polar surface area (TPSA) is 237 Å². The Morgan fingerprint density at radius 1 is 0.281 bits per heavy atom. The third kappa shape index (κ3) is 70.5. The van der Waals surface area contributed by atoms with Crippen molar-refractivity contribution in [1.82, 2.24) is 0 Å². The molecule has 0 aromatic rings. The summed E-state index contributed by atoms with van der Waals surface area (Å²) in [6.45, 7) is 7.20. The van der Waals surface area contributed by atoms with Gasteiger partial charge in [0, 0.05) is 25.7 Å². The molecule has 17 nitrogen and oxygen atoms in total. The van der Waals surface area contributed by atoms with Gasteiger partial charge in [-0.1, -0.05) is 356 Å². The van der Waals surface area contributed by atoms with Gasteiger partial charge < -0.3 is 33.8 Å². The van der Waals surface area contributed by atoms with Crippen molar-refractivity contribution in [2.45, 2.75) is 425 Å². The van der Waals surface area contributed by atoms with Crippen molar-refractivity contribution in [3.05, 3.63) is 0 Å². The third-order valence-corrected chi connectivity index (χ3v) is 19.9. The minimum atomic E-state index is -4.96. The molecular formula is C77H150O17P2. The van der Waals surface area contributed by atoms with Crippen LogP contribution in [0, 0.1) is 5.92 Å². The van der Waals surface area contributed by atoms with Crippen LogP contribution in [0.25, 0.3) is 0 Å². The van der Waals surface area contributed by atoms with Gasteiger partial charge in [0.15, 0.2) is 12.2 Å². The summed E-state index contributed by atoms with van der Waals surface area (Å²) >= 11 is 0. The molecule has 0 aliphatic heterocycles. The van der Waals surface area contributed by atoms with Crippen molar-refractivity contribution >= 4 is 39.5 Å². The van der Waals surface area contributed by atoms with Gasteiger partial charge in [-0.2, -0.15) is 0 Å². The summed E-state index contributed by atoms with van der Waals surface area (Å²) in [5.74, 6) is -1.42. The van der Waals surface area contributed by atoms with E-state index in [2.05, 4.69) is 34.6 Å². The van der Waals surface area contributed by atoms with Crippen molar-refractivity contribution in [3.8, 4) is 0 Å². The Labute approximate surface area is 588 Å². The number of phosphoric ester groups is 2. The lowest BCUT2D eigenvalue weighted by molar-refractivity contribution is -0.161. The van der Waals surface area contributed by atoms with Gasteiger partial charge in [0.05, 0.1) is 26.4 Å². The molecule has 96 heavy (non-hydrogen) atoms. The Balaban J connectivity index is 5.17. The molecular weight excluding hydrogens is 1260 g/mol. The van der Waals surface area contributed by atoms with Crippen molar-refractivity contribution < 1.29 is 80.2 Å². The van der Waals surface area contributed by atoms with Crippen molar-refractivity contribution in [1.29, 1.82) is 0 Å². The van der Waals surface area contributed by atoms with E-state index in [9.17, 15) is 43.2 Å². The van der Waals surface area contributed by atoms with E-state index in [0.29, 0.717) is 31.6 Å². The largest absolute Gasteiger partial charge is 0.472 e. The fourth-order valence-corrected chi connectivity index (χ4v) is 13.5. The number of carbonyl (C=O) groups excluding carboxylic acids is 4. The first-order valence-corrected chi connectivity index (χ1v) is 43.1. The number of carbonyl (C=O) groups is 4. The van der Waals surface area contributed by atoms with Gasteiger partial charge in [-0.3, -0.25) is 37.3 Å². The lowest BCUT2D eigenvalue weighted by atomic mass is 10.0. The lowest BCUT2D eigenvalue weighted by Gasteiger charge is -2.21. The molecule has 0 spiro atoms. The van der Waals surface area contributed by atoms with Crippen molar-refractivity contribution in [2.24, 2.45) is 5.92 Å². The molecule has 570 valence electrons. The summed E-state index contributed by atoms with van der Waals surface area (Å²) in [7, 11) is -9.91. The highest BCUT2D eigenvalue weighted by Crippen LogP contribution is 2.45. The van der Waals surface area contributed by atoms with Gasteiger partial charge in [0.25, 0.3) is 0 Å². The molecule has 3 N–H and O–H groups in total. The van der Waals surface area contributed by atoms with Crippen LogP contribution < -0.4 is 0 Å². The molecule has 0 aliphatic carbocycles. The van der Waals surface area contributed by atoms with Crippen LogP contribution in [0.4, 0.5) is 0 Å². The fourth-order valence-electron chi connectivity index (χ4n) is 11.9. The number of hydrogen-bond donors (Lipinski definition) is 3. The second-order valence-electron chi connectivity index (χ2n) is 28.2. The van der Waals surface area contributed by atoms with E-state index in [0.717, 1.165) is 96.3 Å². The molecule has 0 saturated heterocycles. The SMILES string of the molecule is CCCCCCCCCCCCCCCCCCCCCC(=O)OC[C@H](COP(=O)(O)OC[C@@H](O)COP(=O)(O)OC[C@@H](COC(=O)CCCCCCCCCC)OC(=O)CCCCCCCCCC(C)C)OC(=O)CCCCCCCCCCCCCCCCCCCCC. The smallest absolute Gasteiger partial charge is 0.462 e. The minimum Gasteiger partial charge on any atom is -0.462 e. The molecule has 5 atom stereocenters. The molecule has 19 heteroatoms. The van der Waals surface area contributed by atoms with Crippen LogP contribution in [-0.2, 0) is 65.4 Å². The first-order valence-electron chi connectivity index (χ1n) is 40.1. The fraction of sp³-hybridized carbons (Fsp3) is 0.948. The number of hydrogen-bond acceptors (Lipinski definition) is 15. The Bertz CT molecular complexity index is 1840. The summed E-state index contributed by atoms with van der Waals surface area (Å²) in [6.07, 6.45) is 60.0. The van der Waals surface area contributed by atoms with Crippen molar-refractivity contribution in [3.63, 3.8) is 0 Å². The quantitative estimate of drug-likeness (QED) is 0.0222. The molecule has 0 aliphatic rings. The molecule has 0 heterocycles. The van der Waals surface area contributed by atoms with E-state index in [1.807, 2.05) is 0 Å². The van der Waals surface area contributed by atoms with Crippen LogP contribution in [-0.4, -0.2) is 96.7 Å². The maximum atomic E-state index is 13.1. The standard InChI is InChI=1S/C77H150O17P2/c1-6-9-12-15-18-21-23-25-27-29-31-33-35-37-39-41-46-51-56-61-75(80)88-67-72(93-76(81)62-57-52-47-42-40-38-36-34-32-30-28-26-24-22-19-16-13-10-7-2)68-91-95(83,84)89-64-71(78)65-90-96(85,86)92-69-73(66-87-74(79)60-55-50-45-20-17-14-11-8-3)94-77(82)63-58-53-48-43-44-49-54-59-70(4)5/h70-73,78H,6-69H2,1-5H3,(H,83,84)(H,85,86)/t71-,72-,73-/m1/s1.